The van der Waals surface area contributed by atoms with E-state index in [-0.39, 0.29) is 10.7 Å². The van der Waals surface area contributed by atoms with Crippen molar-refractivity contribution in [1.29, 1.82) is 0 Å². The van der Waals surface area contributed by atoms with Crippen LogP contribution in [0.25, 0.3) is 0 Å². The van der Waals surface area contributed by atoms with Crippen molar-refractivity contribution in [3.63, 3.8) is 0 Å². The number of hydrogen-bond donors (Lipinski definition) is 1. The largest absolute Gasteiger partial charge is 0.298 e. The van der Waals surface area contributed by atoms with Gasteiger partial charge in [-0.1, -0.05) is 11.6 Å². The van der Waals surface area contributed by atoms with E-state index in [0.29, 0.717) is 10.7 Å². The van der Waals surface area contributed by atoms with E-state index in [0.717, 1.165) is 11.0 Å². The average Bonchev–Trinajstić information content (AvgIpc) is 2.36. The summed E-state index contributed by atoms with van der Waals surface area (Å²) in [5.41, 5.74) is 0.208. The van der Waals surface area contributed by atoms with Crippen molar-refractivity contribution in [2.75, 3.05) is 4.90 Å². The van der Waals surface area contributed by atoms with Gasteiger partial charge in [-0.05, 0) is 49.5 Å². The highest BCUT2D eigenvalue weighted by atomic mass is 35.5. The highest BCUT2D eigenvalue weighted by molar-refractivity contribution is 7.80. The lowest BCUT2D eigenvalue weighted by Crippen LogP contribution is -2.54. The molecular formula is C13H9ClN2O3S. The number of ketones is 1. The van der Waals surface area contributed by atoms with Crippen LogP contribution in [0.1, 0.15) is 6.92 Å². The molecule has 7 heteroatoms. The van der Waals surface area contributed by atoms with E-state index in [1.165, 1.54) is 6.92 Å². The summed E-state index contributed by atoms with van der Waals surface area (Å²) < 4.78 is 0. The molecule has 0 atom stereocenters. The molecule has 1 aliphatic heterocycles. The molecule has 1 saturated heterocycles. The van der Waals surface area contributed by atoms with Crippen molar-refractivity contribution in [3.05, 3.63) is 40.9 Å². The molecule has 0 saturated carbocycles. The van der Waals surface area contributed by atoms with Crippen LogP contribution >= 0.6 is 23.8 Å². The number of hydrogen-bond acceptors (Lipinski definition) is 4. The smallest absolute Gasteiger partial charge is 0.270 e. The van der Waals surface area contributed by atoms with Gasteiger partial charge >= 0.3 is 0 Å². The van der Waals surface area contributed by atoms with Crippen molar-refractivity contribution in [3.8, 4) is 0 Å². The maximum absolute atomic E-state index is 12.3. The zero-order valence-corrected chi connectivity index (χ0v) is 11.9. The van der Waals surface area contributed by atoms with Crippen LogP contribution in [-0.4, -0.2) is 22.7 Å². The maximum atomic E-state index is 12.3. The van der Waals surface area contributed by atoms with Gasteiger partial charge in [0.25, 0.3) is 11.8 Å². The maximum Gasteiger partial charge on any atom is 0.270 e. The molecule has 102 valence electrons. The summed E-state index contributed by atoms with van der Waals surface area (Å²) in [5.74, 6) is -1.72. The Kier molecular flexibility index (Phi) is 3.96. The Morgan fingerprint density at radius 2 is 1.90 bits per heavy atom. The number of anilines is 1. The molecule has 1 aliphatic rings. The molecular weight excluding hydrogens is 300 g/mol. The van der Waals surface area contributed by atoms with E-state index in [4.69, 9.17) is 23.8 Å². The fraction of sp³-hybridized carbons (Fsp3) is 0.0769. The number of thiocarbonyl (C=S) groups is 1. The van der Waals surface area contributed by atoms with Gasteiger partial charge in [0.15, 0.2) is 10.9 Å². The Morgan fingerprint density at radius 3 is 2.45 bits per heavy atom. The Balaban J connectivity index is 2.45. The van der Waals surface area contributed by atoms with E-state index < -0.39 is 17.6 Å². The second-order valence-electron chi connectivity index (χ2n) is 4.04. The highest BCUT2D eigenvalue weighted by Gasteiger charge is 2.34. The molecule has 0 radical (unpaired) electrons. The quantitative estimate of drug-likeness (QED) is 0.512. The minimum Gasteiger partial charge on any atom is -0.298 e. The van der Waals surface area contributed by atoms with E-state index in [2.05, 4.69) is 5.32 Å². The lowest BCUT2D eigenvalue weighted by atomic mass is 10.1. The van der Waals surface area contributed by atoms with Gasteiger partial charge in [0.1, 0.15) is 5.57 Å². The summed E-state index contributed by atoms with van der Waals surface area (Å²) in [6.45, 7) is 1.26. The van der Waals surface area contributed by atoms with Crippen LogP contribution in [0.5, 0.6) is 0 Å². The first kappa shape index (κ1) is 14.4. The number of nitrogens with one attached hydrogen (secondary N) is 1. The second-order valence-corrected chi connectivity index (χ2v) is 4.87. The summed E-state index contributed by atoms with van der Waals surface area (Å²) >= 11 is 10.8. The third-order valence-electron chi connectivity index (χ3n) is 2.53. The van der Waals surface area contributed by atoms with Crippen molar-refractivity contribution in [1.82, 2.24) is 5.32 Å². The minimum absolute atomic E-state index is 0.0389. The van der Waals surface area contributed by atoms with Gasteiger partial charge in [-0.15, -0.1) is 0 Å². The van der Waals surface area contributed by atoms with Gasteiger partial charge in [-0.25, -0.2) is 0 Å². The molecule has 1 aromatic rings. The molecule has 0 unspecified atom stereocenters. The second kappa shape index (κ2) is 5.52. The standard InChI is InChI=1S/C13H9ClN2O3S/c1-7(17)6-10-11(18)15-13(20)16(12(10)19)9-4-2-8(14)3-5-9/h2-6H,1H3,(H,15,18,20)/b10-6-. The molecule has 0 aliphatic carbocycles. The minimum atomic E-state index is -0.680. The van der Waals surface area contributed by atoms with E-state index in [1.54, 1.807) is 24.3 Å². The predicted octanol–water partition coefficient (Wildman–Crippen LogP) is 1.60. The van der Waals surface area contributed by atoms with Gasteiger partial charge in [-0.2, -0.15) is 0 Å². The number of carbonyl (C=O) groups is 3. The van der Waals surface area contributed by atoms with E-state index >= 15 is 0 Å². The number of amides is 2. The van der Waals surface area contributed by atoms with Crippen LogP contribution < -0.4 is 10.2 Å². The van der Waals surface area contributed by atoms with Crippen LogP contribution in [0.2, 0.25) is 5.02 Å². The molecule has 5 nitrogen and oxygen atoms in total. The van der Waals surface area contributed by atoms with Gasteiger partial charge in [0.05, 0.1) is 5.69 Å². The molecule has 0 spiro atoms. The van der Waals surface area contributed by atoms with E-state index in [9.17, 15) is 14.4 Å². The summed E-state index contributed by atoms with van der Waals surface area (Å²) in [6, 6.07) is 6.37. The first-order valence-corrected chi connectivity index (χ1v) is 6.36. The fourth-order valence-electron chi connectivity index (χ4n) is 1.69. The molecule has 1 fully saturated rings. The predicted molar refractivity (Wildman–Crippen MR) is 78.4 cm³/mol. The van der Waals surface area contributed by atoms with Crippen LogP contribution in [0.4, 0.5) is 5.69 Å². The number of halogens is 1. The summed E-state index contributed by atoms with van der Waals surface area (Å²) in [4.78, 5) is 36.2. The van der Waals surface area contributed by atoms with Gasteiger partial charge < -0.3 is 0 Å². The molecule has 0 bridgehead atoms. The Labute approximate surface area is 125 Å². The zero-order valence-electron chi connectivity index (χ0n) is 10.3. The Bertz CT molecular complexity index is 652. The van der Waals surface area contributed by atoms with E-state index in [1.807, 2.05) is 0 Å². The van der Waals surface area contributed by atoms with Gasteiger partial charge in [-0.3, -0.25) is 24.6 Å². The molecule has 20 heavy (non-hydrogen) atoms. The normalized spacial score (nSPS) is 17.4. The summed E-state index contributed by atoms with van der Waals surface area (Å²) in [6.07, 6.45) is 0.988. The Hall–Kier alpha value is -2.05. The zero-order chi connectivity index (χ0) is 14.9. The number of benzene rings is 1. The van der Waals surface area contributed by atoms with Crippen LogP contribution in [0.15, 0.2) is 35.9 Å². The SMILES string of the molecule is CC(=O)/C=C1/C(=O)NC(=S)N(c2ccc(Cl)cc2)C1=O. The van der Waals surface area contributed by atoms with Crippen molar-refractivity contribution in [2.24, 2.45) is 0 Å². The molecule has 1 aromatic carbocycles. The number of nitrogens with zero attached hydrogens (tertiary/aromatic N) is 1. The Morgan fingerprint density at radius 1 is 1.30 bits per heavy atom. The number of carbonyl (C=O) groups excluding carboxylic acids is 3. The first-order valence-electron chi connectivity index (χ1n) is 5.58. The molecule has 2 amide bonds. The summed E-state index contributed by atoms with van der Waals surface area (Å²) in [7, 11) is 0. The van der Waals surface area contributed by atoms with Crippen molar-refractivity contribution >= 4 is 52.2 Å². The van der Waals surface area contributed by atoms with Crippen LogP contribution in [-0.2, 0) is 14.4 Å². The van der Waals surface area contributed by atoms with Crippen molar-refractivity contribution < 1.29 is 14.4 Å². The first-order chi connectivity index (χ1) is 9.40. The summed E-state index contributed by atoms with van der Waals surface area (Å²) in [5, 5.41) is 2.84. The lowest BCUT2D eigenvalue weighted by molar-refractivity contribution is -0.123. The molecule has 0 aromatic heterocycles. The lowest BCUT2D eigenvalue weighted by Gasteiger charge is -2.28. The number of rotatable bonds is 2. The van der Waals surface area contributed by atoms with Crippen LogP contribution in [0, 0.1) is 0 Å². The van der Waals surface area contributed by atoms with Gasteiger partial charge in [0, 0.05) is 5.02 Å². The topological polar surface area (TPSA) is 66.5 Å². The third-order valence-corrected chi connectivity index (χ3v) is 3.07. The highest BCUT2D eigenvalue weighted by Crippen LogP contribution is 2.22. The van der Waals surface area contributed by atoms with Gasteiger partial charge in [0.2, 0.25) is 0 Å². The molecule has 1 N–H and O–H groups in total. The average molecular weight is 309 g/mol. The third kappa shape index (κ3) is 2.76. The monoisotopic (exact) mass is 308 g/mol. The molecule has 1 heterocycles. The van der Waals surface area contributed by atoms with Crippen molar-refractivity contribution in [2.45, 2.75) is 6.92 Å². The fourth-order valence-corrected chi connectivity index (χ4v) is 2.09. The molecule has 2 rings (SSSR count). The van der Waals surface area contributed by atoms with Crippen LogP contribution in [0.3, 0.4) is 0 Å². The number of allylic oxidation sites excluding steroid dienone is 1.